The molecule has 0 spiro atoms. The van der Waals surface area contributed by atoms with Crippen LogP contribution >= 0.6 is 0 Å². The van der Waals surface area contributed by atoms with E-state index in [0.717, 1.165) is 31.5 Å². The van der Waals surface area contributed by atoms with Crippen LogP contribution < -0.4 is 5.32 Å². The molecule has 0 unspecified atom stereocenters. The van der Waals surface area contributed by atoms with Gasteiger partial charge < -0.3 is 10.3 Å². The summed E-state index contributed by atoms with van der Waals surface area (Å²) in [4.78, 5) is 3.44. The second-order valence-electron chi connectivity index (χ2n) is 6.15. The summed E-state index contributed by atoms with van der Waals surface area (Å²) in [7, 11) is -3.39. The van der Waals surface area contributed by atoms with Crippen molar-refractivity contribution in [2.45, 2.75) is 57.5 Å². The average Bonchev–Trinajstić information content (AvgIpc) is 3.12. The van der Waals surface area contributed by atoms with E-state index in [1.165, 1.54) is 0 Å². The molecule has 1 aliphatic carbocycles. The van der Waals surface area contributed by atoms with Gasteiger partial charge in [-0.05, 0) is 51.6 Å². The molecule has 1 saturated carbocycles. The lowest BCUT2D eigenvalue weighted by molar-refractivity contribution is 0.342. The summed E-state index contributed by atoms with van der Waals surface area (Å²) in [5, 5.41) is 3.27. The highest BCUT2D eigenvalue weighted by Gasteiger charge is 2.33. The average molecular weight is 313 g/mol. The lowest BCUT2D eigenvalue weighted by Gasteiger charge is -2.25. The van der Waals surface area contributed by atoms with Gasteiger partial charge >= 0.3 is 0 Å². The Kier molecular flexibility index (Phi) is 5.46. The van der Waals surface area contributed by atoms with E-state index in [0.29, 0.717) is 23.9 Å². The van der Waals surface area contributed by atoms with Gasteiger partial charge in [0.15, 0.2) is 0 Å². The van der Waals surface area contributed by atoms with Crippen molar-refractivity contribution in [3.8, 4) is 0 Å². The monoisotopic (exact) mass is 313 g/mol. The minimum atomic E-state index is -3.39. The van der Waals surface area contributed by atoms with Crippen LogP contribution in [0, 0.1) is 5.92 Å². The fourth-order valence-corrected chi connectivity index (χ4v) is 4.08. The van der Waals surface area contributed by atoms with Gasteiger partial charge in [-0.25, -0.2) is 8.42 Å². The van der Waals surface area contributed by atoms with Crippen LogP contribution in [0.15, 0.2) is 17.2 Å². The summed E-state index contributed by atoms with van der Waals surface area (Å²) in [6, 6.07) is 1.74. The summed E-state index contributed by atoms with van der Waals surface area (Å²) in [5.41, 5.74) is 0.914. The first kappa shape index (κ1) is 16.5. The Labute approximate surface area is 128 Å². The van der Waals surface area contributed by atoms with Gasteiger partial charge in [-0.15, -0.1) is 0 Å². The fraction of sp³-hybridized carbons (Fsp3) is 0.733. The van der Waals surface area contributed by atoms with E-state index in [1.807, 2.05) is 13.8 Å². The Hall–Kier alpha value is -0.850. The van der Waals surface area contributed by atoms with E-state index in [2.05, 4.69) is 17.2 Å². The second kappa shape index (κ2) is 6.94. The van der Waals surface area contributed by atoms with Gasteiger partial charge in [-0.2, -0.15) is 4.31 Å². The van der Waals surface area contributed by atoms with Gasteiger partial charge in [-0.3, -0.25) is 0 Å². The molecule has 5 nitrogen and oxygen atoms in total. The molecule has 0 aliphatic heterocycles. The highest BCUT2D eigenvalue weighted by Crippen LogP contribution is 2.32. The highest BCUT2D eigenvalue weighted by molar-refractivity contribution is 7.89. The number of hydrogen-bond acceptors (Lipinski definition) is 3. The summed E-state index contributed by atoms with van der Waals surface area (Å²) in [6.45, 7) is 8.24. The number of aromatic amines is 1. The minimum Gasteiger partial charge on any atom is -0.363 e. The molecular formula is C15H27N3O2S. The van der Waals surface area contributed by atoms with Crippen LogP contribution in [0.2, 0.25) is 0 Å². The molecule has 0 radical (unpaired) electrons. The van der Waals surface area contributed by atoms with Gasteiger partial charge in [0.25, 0.3) is 0 Å². The normalized spacial score (nSPS) is 16.0. The Bertz CT molecular complexity index is 547. The summed E-state index contributed by atoms with van der Waals surface area (Å²) in [5.74, 6) is 0.548. The van der Waals surface area contributed by atoms with Gasteiger partial charge in [0, 0.05) is 31.0 Å². The first-order valence-electron chi connectivity index (χ1n) is 7.85. The van der Waals surface area contributed by atoms with Gasteiger partial charge in [-0.1, -0.05) is 6.92 Å². The fourth-order valence-electron chi connectivity index (χ4n) is 2.35. The quantitative estimate of drug-likeness (QED) is 0.688. The summed E-state index contributed by atoms with van der Waals surface area (Å²) in [6.07, 6.45) is 4.98. The standard InChI is InChI=1S/C15H27N3O2S/c1-4-7-16-9-14-8-15(10-17-14)21(19,20)18(12(2)3)11-13-5-6-13/h8,10,12-13,16-17H,4-7,9,11H2,1-3H3. The molecule has 0 aromatic carbocycles. The molecule has 0 bridgehead atoms. The molecule has 21 heavy (non-hydrogen) atoms. The zero-order valence-electron chi connectivity index (χ0n) is 13.2. The predicted molar refractivity (Wildman–Crippen MR) is 84.5 cm³/mol. The largest absolute Gasteiger partial charge is 0.363 e. The van der Waals surface area contributed by atoms with Crippen LogP contribution in [-0.4, -0.2) is 36.8 Å². The third-order valence-electron chi connectivity index (χ3n) is 3.78. The number of rotatable bonds is 9. The van der Waals surface area contributed by atoms with Gasteiger partial charge in [0.1, 0.15) is 0 Å². The molecule has 1 aliphatic rings. The number of hydrogen-bond donors (Lipinski definition) is 2. The SMILES string of the molecule is CCCNCc1cc(S(=O)(=O)N(CC2CC2)C(C)C)c[nH]1. The molecule has 0 atom stereocenters. The predicted octanol–water partition coefficient (Wildman–Crippen LogP) is 2.32. The summed E-state index contributed by atoms with van der Waals surface area (Å²) >= 11 is 0. The van der Waals surface area contributed by atoms with E-state index >= 15 is 0 Å². The summed E-state index contributed by atoms with van der Waals surface area (Å²) < 4.78 is 27.2. The molecule has 120 valence electrons. The maximum atomic E-state index is 12.8. The second-order valence-corrected chi connectivity index (χ2v) is 8.04. The van der Waals surface area contributed by atoms with Crippen molar-refractivity contribution < 1.29 is 8.42 Å². The first-order valence-corrected chi connectivity index (χ1v) is 9.29. The zero-order chi connectivity index (χ0) is 15.5. The van der Waals surface area contributed by atoms with Crippen LogP contribution in [0.5, 0.6) is 0 Å². The van der Waals surface area contributed by atoms with Crippen molar-refractivity contribution >= 4 is 10.0 Å². The van der Waals surface area contributed by atoms with Gasteiger partial charge in [0.05, 0.1) is 4.90 Å². The lowest BCUT2D eigenvalue weighted by atomic mass is 10.3. The highest BCUT2D eigenvalue weighted by atomic mass is 32.2. The molecule has 2 rings (SSSR count). The third-order valence-corrected chi connectivity index (χ3v) is 5.80. The van der Waals surface area contributed by atoms with Crippen molar-refractivity contribution in [1.82, 2.24) is 14.6 Å². The number of aromatic nitrogens is 1. The van der Waals surface area contributed by atoms with Crippen LogP contribution in [0.4, 0.5) is 0 Å². The number of sulfonamides is 1. The Morgan fingerprint density at radius 2 is 2.14 bits per heavy atom. The van der Waals surface area contributed by atoms with Crippen molar-refractivity contribution in [3.63, 3.8) is 0 Å². The van der Waals surface area contributed by atoms with E-state index in [1.54, 1.807) is 16.6 Å². The van der Waals surface area contributed by atoms with Crippen LogP contribution in [0.1, 0.15) is 45.7 Å². The van der Waals surface area contributed by atoms with Crippen LogP contribution in [-0.2, 0) is 16.6 Å². The molecule has 6 heteroatoms. The molecule has 0 saturated heterocycles. The van der Waals surface area contributed by atoms with Crippen LogP contribution in [0.25, 0.3) is 0 Å². The van der Waals surface area contributed by atoms with E-state index in [9.17, 15) is 8.42 Å². The molecule has 2 N–H and O–H groups in total. The maximum Gasteiger partial charge on any atom is 0.244 e. The number of nitrogens with zero attached hydrogens (tertiary/aromatic N) is 1. The molecule has 1 heterocycles. The Morgan fingerprint density at radius 3 is 2.71 bits per heavy atom. The molecule has 1 fully saturated rings. The number of nitrogens with one attached hydrogen (secondary N) is 2. The van der Waals surface area contributed by atoms with Crippen molar-refractivity contribution in [3.05, 3.63) is 18.0 Å². The molecule has 1 aromatic rings. The zero-order valence-corrected chi connectivity index (χ0v) is 14.0. The first-order chi connectivity index (χ1) is 9.95. The topological polar surface area (TPSA) is 65.2 Å². The Morgan fingerprint density at radius 1 is 1.43 bits per heavy atom. The molecular weight excluding hydrogens is 286 g/mol. The Balaban J connectivity index is 2.09. The van der Waals surface area contributed by atoms with Gasteiger partial charge in [0.2, 0.25) is 10.0 Å². The van der Waals surface area contributed by atoms with Crippen molar-refractivity contribution in [2.75, 3.05) is 13.1 Å². The van der Waals surface area contributed by atoms with E-state index < -0.39 is 10.0 Å². The maximum absolute atomic E-state index is 12.8. The third kappa shape index (κ3) is 4.31. The van der Waals surface area contributed by atoms with Crippen molar-refractivity contribution in [1.29, 1.82) is 0 Å². The minimum absolute atomic E-state index is 0.00725. The molecule has 0 amide bonds. The van der Waals surface area contributed by atoms with Crippen LogP contribution in [0.3, 0.4) is 0 Å². The van der Waals surface area contributed by atoms with E-state index in [-0.39, 0.29) is 6.04 Å². The lowest BCUT2D eigenvalue weighted by Crippen LogP contribution is -2.38. The molecule has 1 aromatic heterocycles. The van der Waals surface area contributed by atoms with Crippen molar-refractivity contribution in [2.24, 2.45) is 5.92 Å². The van der Waals surface area contributed by atoms with E-state index in [4.69, 9.17) is 0 Å². The number of H-pyrrole nitrogens is 1. The smallest absolute Gasteiger partial charge is 0.244 e.